The van der Waals surface area contributed by atoms with Crippen LogP contribution in [0.2, 0.25) is 0 Å². The lowest BCUT2D eigenvalue weighted by molar-refractivity contribution is -0.152. The number of amides is 2. The van der Waals surface area contributed by atoms with Gasteiger partial charge in [-0.05, 0) is 53.8 Å². The minimum Gasteiger partial charge on any atom is -0.479 e. The van der Waals surface area contributed by atoms with Crippen molar-refractivity contribution in [2.24, 2.45) is 0 Å². The molecule has 0 aromatic heterocycles. The van der Waals surface area contributed by atoms with E-state index >= 15 is 0 Å². The lowest BCUT2D eigenvalue weighted by Crippen LogP contribution is -2.32. The second-order valence-corrected chi connectivity index (χ2v) is 7.96. The maximum atomic E-state index is 12.6. The molecule has 0 aliphatic heterocycles. The van der Waals surface area contributed by atoms with E-state index in [0.717, 1.165) is 22.3 Å². The van der Waals surface area contributed by atoms with Crippen molar-refractivity contribution in [2.45, 2.75) is 25.9 Å². The van der Waals surface area contributed by atoms with Crippen LogP contribution in [0.4, 0.5) is 10.5 Å². The number of hydrogen-bond acceptors (Lipinski definition) is 5. The second-order valence-electron chi connectivity index (χ2n) is 7.96. The fourth-order valence-electron chi connectivity index (χ4n) is 4.01. The van der Waals surface area contributed by atoms with Crippen molar-refractivity contribution < 1.29 is 29.1 Å². The lowest BCUT2D eigenvalue weighted by Gasteiger charge is -2.16. The van der Waals surface area contributed by atoms with Crippen molar-refractivity contribution in [1.29, 1.82) is 0 Å². The summed E-state index contributed by atoms with van der Waals surface area (Å²) in [5, 5.41) is 11.5. The average Bonchev–Trinajstić information content (AvgIpc) is 3.16. The molecule has 0 bridgehead atoms. The van der Waals surface area contributed by atoms with Crippen LogP contribution in [0.25, 0.3) is 11.1 Å². The molecule has 8 heteroatoms. The number of rotatable bonds is 7. The number of fused-ring (bicyclic) bond motifs is 3. The van der Waals surface area contributed by atoms with Crippen molar-refractivity contribution in [3.8, 4) is 11.1 Å². The molecular weight excluding hydrogens is 436 g/mol. The van der Waals surface area contributed by atoms with Crippen LogP contribution in [0.1, 0.15) is 39.9 Å². The largest absolute Gasteiger partial charge is 0.479 e. The first-order chi connectivity index (χ1) is 16.4. The molecule has 2 amide bonds. The highest BCUT2D eigenvalue weighted by Crippen LogP contribution is 2.44. The van der Waals surface area contributed by atoms with Crippen LogP contribution in [0, 0.1) is 6.92 Å². The molecular formula is C26H24N2O6. The quantitative estimate of drug-likeness (QED) is 0.448. The first-order valence-corrected chi connectivity index (χ1v) is 10.8. The monoisotopic (exact) mass is 460 g/mol. The molecule has 0 saturated carbocycles. The van der Waals surface area contributed by atoms with Crippen molar-refractivity contribution in [1.82, 2.24) is 5.48 Å². The van der Waals surface area contributed by atoms with Gasteiger partial charge in [-0.3, -0.25) is 14.9 Å². The molecule has 4 rings (SSSR count). The van der Waals surface area contributed by atoms with E-state index in [1.165, 1.54) is 6.92 Å². The second kappa shape index (κ2) is 9.76. The lowest BCUT2D eigenvalue weighted by atomic mass is 9.98. The van der Waals surface area contributed by atoms with Gasteiger partial charge in [0.05, 0.1) is 0 Å². The van der Waals surface area contributed by atoms with Gasteiger partial charge >= 0.3 is 12.1 Å². The topological polar surface area (TPSA) is 114 Å². The third-order valence-electron chi connectivity index (χ3n) is 5.83. The summed E-state index contributed by atoms with van der Waals surface area (Å²) in [7, 11) is 0. The first kappa shape index (κ1) is 23.0. The van der Waals surface area contributed by atoms with Crippen molar-refractivity contribution in [3.05, 3.63) is 89.0 Å². The number of carbonyl (C=O) groups is 3. The molecule has 8 nitrogen and oxygen atoms in total. The predicted molar refractivity (Wildman–Crippen MR) is 126 cm³/mol. The molecule has 3 aromatic rings. The number of benzene rings is 3. The highest BCUT2D eigenvalue weighted by molar-refractivity contribution is 5.98. The molecule has 0 fully saturated rings. The average molecular weight is 460 g/mol. The van der Waals surface area contributed by atoms with Crippen LogP contribution >= 0.6 is 0 Å². The Labute approximate surface area is 196 Å². The number of carboxylic acid groups (broad SMARTS) is 1. The predicted octanol–water partition coefficient (Wildman–Crippen LogP) is 4.49. The molecule has 1 unspecified atom stereocenters. The Hall–Kier alpha value is -4.17. The van der Waals surface area contributed by atoms with Gasteiger partial charge in [-0.1, -0.05) is 54.6 Å². The van der Waals surface area contributed by atoms with Gasteiger partial charge < -0.3 is 9.84 Å². The van der Waals surface area contributed by atoms with Crippen LogP contribution in [-0.4, -0.2) is 35.8 Å². The van der Waals surface area contributed by atoms with Crippen LogP contribution in [0.5, 0.6) is 0 Å². The van der Waals surface area contributed by atoms with Gasteiger partial charge in [0.2, 0.25) is 0 Å². The third-order valence-corrected chi connectivity index (χ3v) is 5.83. The number of nitrogens with one attached hydrogen (secondary N) is 2. The summed E-state index contributed by atoms with van der Waals surface area (Å²) in [6, 6.07) is 20.9. The van der Waals surface area contributed by atoms with Gasteiger partial charge in [0, 0.05) is 17.2 Å². The van der Waals surface area contributed by atoms with E-state index in [1.807, 2.05) is 36.4 Å². The van der Waals surface area contributed by atoms with Crippen molar-refractivity contribution >= 4 is 23.7 Å². The van der Waals surface area contributed by atoms with Gasteiger partial charge in [-0.25, -0.2) is 15.1 Å². The van der Waals surface area contributed by atoms with Crippen LogP contribution in [-0.2, 0) is 14.4 Å². The number of ether oxygens (including phenoxy) is 1. The minimum atomic E-state index is -1.21. The van der Waals surface area contributed by atoms with Gasteiger partial charge in [0.25, 0.3) is 5.91 Å². The summed E-state index contributed by atoms with van der Waals surface area (Å²) < 4.78 is 5.56. The molecule has 174 valence electrons. The van der Waals surface area contributed by atoms with Crippen LogP contribution in [0.15, 0.2) is 66.7 Å². The van der Waals surface area contributed by atoms with E-state index in [4.69, 9.17) is 14.7 Å². The minimum absolute atomic E-state index is 0.0651. The third kappa shape index (κ3) is 4.62. The summed E-state index contributed by atoms with van der Waals surface area (Å²) in [5.74, 6) is -1.89. The summed E-state index contributed by atoms with van der Waals surface area (Å²) in [5.41, 5.74) is 7.74. The molecule has 3 N–H and O–H groups in total. The van der Waals surface area contributed by atoms with Gasteiger partial charge in [0.1, 0.15) is 6.61 Å². The Kier molecular flexibility index (Phi) is 6.60. The summed E-state index contributed by atoms with van der Waals surface area (Å²) in [6.45, 7) is 3.12. The highest BCUT2D eigenvalue weighted by Gasteiger charge is 2.29. The Balaban J connectivity index is 1.42. The van der Waals surface area contributed by atoms with Crippen molar-refractivity contribution in [3.63, 3.8) is 0 Å². The molecule has 1 aliphatic rings. The molecule has 0 radical (unpaired) electrons. The highest BCUT2D eigenvalue weighted by atomic mass is 16.7. The molecule has 0 spiro atoms. The molecule has 1 aliphatic carbocycles. The van der Waals surface area contributed by atoms with E-state index in [0.29, 0.717) is 11.3 Å². The fourth-order valence-corrected chi connectivity index (χ4v) is 4.01. The Morgan fingerprint density at radius 2 is 1.56 bits per heavy atom. The maximum absolute atomic E-state index is 12.6. The number of anilines is 1. The number of aliphatic carboxylic acids is 1. The van der Waals surface area contributed by atoms with E-state index in [1.54, 1.807) is 25.1 Å². The van der Waals surface area contributed by atoms with E-state index in [9.17, 15) is 14.4 Å². The molecule has 0 saturated heterocycles. The molecule has 0 heterocycles. The normalized spacial score (nSPS) is 12.9. The molecule has 1 atom stereocenters. The fraction of sp³-hybridized carbons (Fsp3) is 0.192. The van der Waals surface area contributed by atoms with Crippen LogP contribution < -0.4 is 10.8 Å². The zero-order valence-electron chi connectivity index (χ0n) is 18.7. The zero-order valence-corrected chi connectivity index (χ0v) is 18.7. The summed E-state index contributed by atoms with van der Waals surface area (Å²) in [4.78, 5) is 40.7. The number of hydrogen-bond donors (Lipinski definition) is 3. The molecule has 34 heavy (non-hydrogen) atoms. The van der Waals surface area contributed by atoms with Gasteiger partial charge in [-0.2, -0.15) is 0 Å². The standard InChI is InChI=1S/C26H24N2O6/c1-15-17(24(29)28-34-16(2)25(30)31)12-7-13-23(15)27-26(32)33-14-22-20-10-5-3-8-18(20)19-9-4-6-11-21(19)22/h3-13,16,22H,14H2,1-2H3,(H,27,32)(H,28,29)(H,30,31). The first-order valence-electron chi connectivity index (χ1n) is 10.8. The number of hydroxylamine groups is 1. The van der Waals surface area contributed by atoms with Gasteiger partial charge in [-0.15, -0.1) is 0 Å². The van der Waals surface area contributed by atoms with E-state index < -0.39 is 24.1 Å². The van der Waals surface area contributed by atoms with E-state index in [2.05, 4.69) is 22.9 Å². The summed E-state index contributed by atoms with van der Waals surface area (Å²) >= 11 is 0. The molecule has 3 aromatic carbocycles. The SMILES string of the molecule is Cc1c(NC(=O)OCC2c3ccccc3-c3ccccc32)cccc1C(=O)NOC(C)C(=O)O. The Morgan fingerprint density at radius 1 is 0.941 bits per heavy atom. The summed E-state index contributed by atoms with van der Waals surface area (Å²) in [6.07, 6.45) is -1.84. The van der Waals surface area contributed by atoms with Crippen molar-refractivity contribution in [2.75, 3.05) is 11.9 Å². The Bertz CT molecular complexity index is 1210. The number of carboxylic acids is 1. The zero-order chi connectivity index (χ0) is 24.2. The maximum Gasteiger partial charge on any atom is 0.411 e. The number of carbonyl (C=O) groups excluding carboxylic acids is 2. The van der Waals surface area contributed by atoms with E-state index in [-0.39, 0.29) is 18.1 Å². The Morgan fingerprint density at radius 3 is 2.18 bits per heavy atom. The van der Waals surface area contributed by atoms with Crippen LogP contribution in [0.3, 0.4) is 0 Å². The van der Waals surface area contributed by atoms with Gasteiger partial charge in [0.15, 0.2) is 6.10 Å². The smallest absolute Gasteiger partial charge is 0.411 e.